The maximum absolute atomic E-state index is 13.2. The van der Waals surface area contributed by atoms with Gasteiger partial charge in [-0.15, -0.1) is 0 Å². The van der Waals surface area contributed by atoms with Crippen LogP contribution in [0.25, 0.3) is 10.2 Å². The highest BCUT2D eigenvalue weighted by atomic mass is 32.1. The lowest BCUT2D eigenvalue weighted by molar-refractivity contribution is -0.137. The van der Waals surface area contributed by atoms with E-state index in [0.717, 1.165) is 29.0 Å². The van der Waals surface area contributed by atoms with Crippen LogP contribution in [-0.2, 0) is 23.9 Å². The Kier molecular flexibility index (Phi) is 7.46. The number of carboxylic acid groups (broad SMARTS) is 1. The second-order valence-electron chi connectivity index (χ2n) is 7.95. The Balaban J connectivity index is 1.60. The summed E-state index contributed by atoms with van der Waals surface area (Å²) in [4.78, 5) is 17.3. The maximum atomic E-state index is 13.2. The summed E-state index contributed by atoms with van der Waals surface area (Å²) in [6.45, 7) is 1.05. The molecule has 4 rings (SSSR count). The topological polar surface area (TPSA) is 62.7 Å². The number of carboxylic acids is 1. The number of methoxy groups -OCH3 is 1. The van der Waals surface area contributed by atoms with Crippen molar-refractivity contribution in [1.82, 2.24) is 4.98 Å². The molecule has 1 heterocycles. The van der Waals surface area contributed by atoms with Crippen molar-refractivity contribution >= 4 is 32.7 Å². The number of anilines is 1. The van der Waals surface area contributed by atoms with Crippen molar-refractivity contribution in [3.63, 3.8) is 0 Å². The van der Waals surface area contributed by atoms with E-state index >= 15 is 0 Å². The van der Waals surface area contributed by atoms with Gasteiger partial charge in [0, 0.05) is 24.6 Å². The number of benzene rings is 3. The summed E-state index contributed by atoms with van der Waals surface area (Å²) < 4.78 is 45.2. The van der Waals surface area contributed by atoms with Gasteiger partial charge < -0.3 is 14.7 Å². The first-order chi connectivity index (χ1) is 17.2. The quantitative estimate of drug-likeness (QED) is 0.309. The van der Waals surface area contributed by atoms with Crippen LogP contribution in [0.4, 0.5) is 18.3 Å². The van der Waals surface area contributed by atoms with E-state index in [1.807, 2.05) is 41.3 Å². The molecule has 0 bridgehead atoms. The van der Waals surface area contributed by atoms with Crippen molar-refractivity contribution in [3.05, 3.63) is 89.0 Å². The molecule has 0 aliphatic carbocycles. The first-order valence-corrected chi connectivity index (χ1v) is 11.7. The van der Waals surface area contributed by atoms with Crippen molar-refractivity contribution < 1.29 is 27.8 Å². The number of halogens is 3. The first-order valence-electron chi connectivity index (χ1n) is 10.9. The second-order valence-corrected chi connectivity index (χ2v) is 8.96. The minimum absolute atomic E-state index is 0.466. The molecule has 0 amide bonds. The zero-order valence-corrected chi connectivity index (χ0v) is 20.0. The van der Waals surface area contributed by atoms with Gasteiger partial charge in [-0.25, -0.2) is 9.78 Å². The summed E-state index contributed by atoms with van der Waals surface area (Å²) in [5, 5.41) is 9.34. The number of alkyl halides is 3. The van der Waals surface area contributed by atoms with Crippen molar-refractivity contribution in [2.45, 2.75) is 19.1 Å². The highest BCUT2D eigenvalue weighted by molar-refractivity contribution is 7.22. The van der Waals surface area contributed by atoms with E-state index in [2.05, 4.69) is 16.8 Å². The van der Waals surface area contributed by atoms with E-state index < -0.39 is 17.7 Å². The summed E-state index contributed by atoms with van der Waals surface area (Å²) in [7, 11) is 1.60. The number of rotatable bonds is 7. The molecule has 184 valence electrons. The van der Waals surface area contributed by atoms with Crippen LogP contribution in [0.15, 0.2) is 66.7 Å². The molecule has 0 unspecified atom stereocenters. The molecule has 5 nitrogen and oxygen atoms in total. The smallest absolute Gasteiger partial charge is 0.416 e. The summed E-state index contributed by atoms with van der Waals surface area (Å²) >= 11 is 1.22. The molecule has 0 fully saturated rings. The van der Waals surface area contributed by atoms with Gasteiger partial charge in [0.25, 0.3) is 0 Å². The van der Waals surface area contributed by atoms with Crippen molar-refractivity contribution in [2.75, 3.05) is 18.6 Å². The van der Waals surface area contributed by atoms with Crippen molar-refractivity contribution in [1.29, 1.82) is 0 Å². The van der Waals surface area contributed by atoms with Gasteiger partial charge in [0.15, 0.2) is 5.13 Å². The Bertz CT molecular complexity index is 1420. The summed E-state index contributed by atoms with van der Waals surface area (Å²) in [6.07, 6.45) is -3.73. The van der Waals surface area contributed by atoms with Crippen LogP contribution in [0.2, 0.25) is 0 Å². The summed E-state index contributed by atoms with van der Waals surface area (Å²) in [5.41, 5.74) is 2.40. The molecule has 1 N–H and O–H groups in total. The number of hydrogen-bond acceptors (Lipinski definition) is 5. The molecule has 0 saturated heterocycles. The zero-order valence-electron chi connectivity index (χ0n) is 19.2. The SMILES string of the molecule is COc1ccc(CCN(Cc2ccc(C#CC(=O)O)cc2)c2nc3ccc(C(F)(F)F)cc3s2)cc1. The van der Waals surface area contributed by atoms with Gasteiger partial charge >= 0.3 is 12.1 Å². The molecule has 1 aromatic heterocycles. The number of thiazole rings is 1. The van der Waals surface area contributed by atoms with Crippen molar-refractivity contribution in [3.8, 4) is 17.6 Å². The van der Waals surface area contributed by atoms with Gasteiger partial charge in [0.2, 0.25) is 0 Å². The van der Waals surface area contributed by atoms with Gasteiger partial charge in [-0.05, 0) is 60.0 Å². The van der Waals surface area contributed by atoms with Gasteiger partial charge in [-0.1, -0.05) is 41.5 Å². The van der Waals surface area contributed by atoms with E-state index in [1.165, 1.54) is 17.4 Å². The molecule has 0 spiro atoms. The monoisotopic (exact) mass is 510 g/mol. The van der Waals surface area contributed by atoms with Crippen LogP contribution in [0.1, 0.15) is 22.3 Å². The predicted molar refractivity (Wildman–Crippen MR) is 133 cm³/mol. The number of carbonyl (C=O) groups is 1. The molecule has 0 radical (unpaired) electrons. The molecular weight excluding hydrogens is 489 g/mol. The molecule has 3 aromatic carbocycles. The number of hydrogen-bond donors (Lipinski definition) is 1. The Morgan fingerprint density at radius 1 is 1.06 bits per heavy atom. The van der Waals surface area contributed by atoms with Crippen LogP contribution in [-0.4, -0.2) is 29.7 Å². The second kappa shape index (κ2) is 10.7. The third-order valence-corrected chi connectivity index (χ3v) is 6.52. The Morgan fingerprint density at radius 2 is 1.75 bits per heavy atom. The lowest BCUT2D eigenvalue weighted by atomic mass is 10.1. The first kappa shape index (κ1) is 25.1. The fourth-order valence-corrected chi connectivity index (χ4v) is 4.59. The van der Waals surface area contributed by atoms with Crippen molar-refractivity contribution in [2.24, 2.45) is 0 Å². The molecule has 0 aliphatic heterocycles. The largest absolute Gasteiger partial charge is 0.497 e. The molecule has 0 atom stereocenters. The fraction of sp³-hybridized carbons (Fsp3) is 0.185. The summed E-state index contributed by atoms with van der Waals surface area (Å²) in [6, 6.07) is 18.5. The average Bonchev–Trinajstić information content (AvgIpc) is 3.29. The number of fused-ring (bicyclic) bond motifs is 1. The third kappa shape index (κ3) is 6.34. The fourth-order valence-electron chi connectivity index (χ4n) is 3.56. The molecule has 0 saturated carbocycles. The molecule has 9 heteroatoms. The van der Waals surface area contributed by atoms with Gasteiger partial charge in [0.1, 0.15) is 5.75 Å². The highest BCUT2D eigenvalue weighted by Gasteiger charge is 2.31. The van der Waals surface area contributed by atoms with E-state index in [-0.39, 0.29) is 0 Å². The van der Waals surface area contributed by atoms with E-state index in [1.54, 1.807) is 19.2 Å². The Labute approximate surface area is 209 Å². The summed E-state index contributed by atoms with van der Waals surface area (Å²) in [5.74, 6) is 4.21. The van der Waals surface area contributed by atoms with E-state index in [4.69, 9.17) is 9.84 Å². The maximum Gasteiger partial charge on any atom is 0.416 e. The van der Waals surface area contributed by atoms with Gasteiger partial charge in [-0.3, -0.25) is 0 Å². The minimum Gasteiger partial charge on any atom is -0.497 e. The molecule has 36 heavy (non-hydrogen) atoms. The molecule has 0 aliphatic rings. The Morgan fingerprint density at radius 3 is 2.39 bits per heavy atom. The van der Waals surface area contributed by atoms with E-state index in [0.29, 0.717) is 40.4 Å². The average molecular weight is 511 g/mol. The Hall–Kier alpha value is -4.03. The van der Waals surface area contributed by atoms with Crippen LogP contribution >= 0.6 is 11.3 Å². The van der Waals surface area contributed by atoms with Gasteiger partial charge in [0.05, 0.1) is 22.9 Å². The standard InChI is InChI=1S/C27H21F3N2O3S/c1-35-22-10-6-19(7-11-22)14-15-32(17-20-4-2-18(3-5-20)8-13-25(33)34)26-31-23-12-9-21(27(28,29)30)16-24(23)36-26/h2-7,9-12,16H,14-15,17H2,1H3,(H,33,34). The van der Waals surface area contributed by atoms with Crippen LogP contribution in [0.3, 0.4) is 0 Å². The molecule has 4 aromatic rings. The normalized spacial score (nSPS) is 11.1. The minimum atomic E-state index is -4.42. The third-order valence-electron chi connectivity index (χ3n) is 5.45. The number of aromatic nitrogens is 1. The molecular formula is C27H21F3N2O3S. The number of aliphatic carboxylic acids is 1. The lowest BCUT2D eigenvalue weighted by Gasteiger charge is -2.22. The highest BCUT2D eigenvalue weighted by Crippen LogP contribution is 2.35. The predicted octanol–water partition coefficient (Wildman–Crippen LogP) is 6.01. The number of ether oxygens (including phenoxy) is 1. The van der Waals surface area contributed by atoms with Gasteiger partial charge in [-0.2, -0.15) is 13.2 Å². The van der Waals surface area contributed by atoms with Crippen LogP contribution in [0, 0.1) is 11.8 Å². The zero-order chi connectivity index (χ0) is 25.7. The van der Waals surface area contributed by atoms with E-state index in [9.17, 15) is 18.0 Å². The lowest BCUT2D eigenvalue weighted by Crippen LogP contribution is -2.25. The van der Waals surface area contributed by atoms with Crippen LogP contribution < -0.4 is 9.64 Å². The van der Waals surface area contributed by atoms with Crippen LogP contribution in [0.5, 0.6) is 5.75 Å². The number of nitrogens with zero attached hydrogens (tertiary/aromatic N) is 2.